The molecule has 1 N–H and O–H groups in total. The van der Waals surface area contributed by atoms with Crippen LogP contribution < -0.4 is 5.32 Å². The van der Waals surface area contributed by atoms with Crippen molar-refractivity contribution in [2.45, 2.75) is 6.92 Å². The van der Waals surface area contributed by atoms with Gasteiger partial charge in [-0.05, 0) is 61.5 Å². The smallest absolute Gasteiger partial charge is 0.248 e. The van der Waals surface area contributed by atoms with Gasteiger partial charge in [-0.15, -0.1) is 0 Å². The second-order valence-corrected chi connectivity index (χ2v) is 6.91. The standard InChI is InChI=1S/C25H20FN3O/c1-18-7-14-22(15-8-18)27-24(30)16-11-20-17-29(23-5-3-2-4-6-23)28-25(20)19-9-12-21(26)13-10-19/h2-17H,1H3,(H,27,30). The molecule has 4 rings (SSSR count). The highest BCUT2D eigenvalue weighted by molar-refractivity contribution is 6.02. The van der Waals surface area contributed by atoms with Gasteiger partial charge < -0.3 is 5.32 Å². The topological polar surface area (TPSA) is 46.9 Å². The quantitative estimate of drug-likeness (QED) is 0.443. The average molecular weight is 397 g/mol. The van der Waals surface area contributed by atoms with Gasteiger partial charge in [0.2, 0.25) is 5.91 Å². The number of hydrogen-bond donors (Lipinski definition) is 1. The molecule has 5 heteroatoms. The first kappa shape index (κ1) is 19.3. The first-order valence-electron chi connectivity index (χ1n) is 9.55. The van der Waals surface area contributed by atoms with E-state index >= 15 is 0 Å². The van der Waals surface area contributed by atoms with Crippen LogP contribution in [-0.2, 0) is 4.79 Å². The lowest BCUT2D eigenvalue weighted by molar-refractivity contribution is -0.111. The van der Waals surface area contributed by atoms with Crippen molar-refractivity contribution >= 4 is 17.7 Å². The Labute approximate surface area is 174 Å². The normalized spacial score (nSPS) is 11.0. The molecule has 0 radical (unpaired) electrons. The van der Waals surface area contributed by atoms with Gasteiger partial charge in [0.1, 0.15) is 5.82 Å². The lowest BCUT2D eigenvalue weighted by atomic mass is 10.1. The van der Waals surface area contributed by atoms with Crippen LogP contribution in [0.5, 0.6) is 0 Å². The van der Waals surface area contributed by atoms with Gasteiger partial charge >= 0.3 is 0 Å². The molecule has 0 saturated carbocycles. The van der Waals surface area contributed by atoms with Crippen molar-refractivity contribution in [3.63, 3.8) is 0 Å². The van der Waals surface area contributed by atoms with Crippen LogP contribution in [0.2, 0.25) is 0 Å². The molecule has 0 atom stereocenters. The summed E-state index contributed by atoms with van der Waals surface area (Å²) < 4.78 is 15.1. The van der Waals surface area contributed by atoms with Crippen molar-refractivity contribution in [2.24, 2.45) is 0 Å². The molecule has 0 aliphatic heterocycles. The molecule has 0 aliphatic rings. The maximum atomic E-state index is 13.4. The van der Waals surface area contributed by atoms with E-state index in [0.29, 0.717) is 5.69 Å². The summed E-state index contributed by atoms with van der Waals surface area (Å²) >= 11 is 0. The summed E-state index contributed by atoms with van der Waals surface area (Å²) in [6, 6.07) is 23.4. The summed E-state index contributed by atoms with van der Waals surface area (Å²) in [5.74, 6) is -0.549. The Kier molecular flexibility index (Phi) is 5.52. The third-order valence-electron chi connectivity index (χ3n) is 4.61. The number of benzene rings is 3. The summed E-state index contributed by atoms with van der Waals surface area (Å²) in [7, 11) is 0. The van der Waals surface area contributed by atoms with Gasteiger partial charge in [0.15, 0.2) is 0 Å². The van der Waals surface area contributed by atoms with E-state index in [1.165, 1.54) is 18.2 Å². The lowest BCUT2D eigenvalue weighted by Crippen LogP contribution is -2.07. The van der Waals surface area contributed by atoms with E-state index in [2.05, 4.69) is 10.4 Å². The van der Waals surface area contributed by atoms with Crippen molar-refractivity contribution in [2.75, 3.05) is 5.32 Å². The zero-order valence-corrected chi connectivity index (χ0v) is 16.4. The summed E-state index contributed by atoms with van der Waals surface area (Å²) in [5, 5.41) is 7.51. The molecule has 0 saturated heterocycles. The van der Waals surface area contributed by atoms with E-state index in [1.54, 1.807) is 22.9 Å². The number of carbonyl (C=O) groups is 1. The summed E-state index contributed by atoms with van der Waals surface area (Å²) in [6.07, 6.45) is 5.04. The Balaban J connectivity index is 1.64. The molecule has 30 heavy (non-hydrogen) atoms. The van der Waals surface area contributed by atoms with Gasteiger partial charge in [0, 0.05) is 29.1 Å². The van der Waals surface area contributed by atoms with Crippen molar-refractivity contribution in [3.8, 4) is 16.9 Å². The number of nitrogens with one attached hydrogen (secondary N) is 1. The van der Waals surface area contributed by atoms with Gasteiger partial charge in [0.25, 0.3) is 0 Å². The molecule has 0 spiro atoms. The second-order valence-electron chi connectivity index (χ2n) is 6.91. The predicted octanol–water partition coefficient (Wildman–Crippen LogP) is 5.64. The Morgan fingerprint density at radius 1 is 0.967 bits per heavy atom. The third kappa shape index (κ3) is 4.52. The van der Waals surface area contributed by atoms with E-state index in [0.717, 1.165) is 28.1 Å². The molecule has 1 amide bonds. The molecule has 0 bridgehead atoms. The van der Waals surface area contributed by atoms with Crippen LogP contribution in [0.15, 0.2) is 91.1 Å². The van der Waals surface area contributed by atoms with Crippen LogP contribution in [0.1, 0.15) is 11.1 Å². The predicted molar refractivity (Wildman–Crippen MR) is 118 cm³/mol. The van der Waals surface area contributed by atoms with Gasteiger partial charge in [-0.3, -0.25) is 4.79 Å². The van der Waals surface area contributed by atoms with Gasteiger partial charge in [-0.2, -0.15) is 5.10 Å². The number of para-hydroxylation sites is 1. The van der Waals surface area contributed by atoms with E-state index in [1.807, 2.05) is 67.7 Å². The SMILES string of the molecule is Cc1ccc(NC(=O)C=Cc2cn(-c3ccccc3)nc2-c2ccc(F)cc2)cc1. The number of aryl methyl sites for hydroxylation is 1. The zero-order chi connectivity index (χ0) is 20.9. The number of halogens is 1. The molecular weight excluding hydrogens is 377 g/mol. The largest absolute Gasteiger partial charge is 0.323 e. The first-order valence-corrected chi connectivity index (χ1v) is 9.55. The average Bonchev–Trinajstić information content (AvgIpc) is 3.19. The fourth-order valence-electron chi connectivity index (χ4n) is 3.04. The lowest BCUT2D eigenvalue weighted by Gasteiger charge is -2.02. The van der Waals surface area contributed by atoms with E-state index in [9.17, 15) is 9.18 Å². The van der Waals surface area contributed by atoms with E-state index < -0.39 is 0 Å². The van der Waals surface area contributed by atoms with E-state index in [-0.39, 0.29) is 11.7 Å². The van der Waals surface area contributed by atoms with Crippen LogP contribution in [0.4, 0.5) is 10.1 Å². The van der Waals surface area contributed by atoms with Crippen LogP contribution in [0.3, 0.4) is 0 Å². The fraction of sp³-hybridized carbons (Fsp3) is 0.0400. The fourth-order valence-corrected chi connectivity index (χ4v) is 3.04. The number of nitrogens with zero attached hydrogens (tertiary/aromatic N) is 2. The number of anilines is 1. The highest BCUT2D eigenvalue weighted by atomic mass is 19.1. The van der Waals surface area contributed by atoms with Crippen LogP contribution in [0.25, 0.3) is 23.0 Å². The minimum Gasteiger partial charge on any atom is -0.323 e. The summed E-state index contributed by atoms with van der Waals surface area (Å²) in [4.78, 5) is 12.4. The number of amides is 1. The number of hydrogen-bond acceptors (Lipinski definition) is 2. The zero-order valence-electron chi connectivity index (χ0n) is 16.4. The Morgan fingerprint density at radius 3 is 2.37 bits per heavy atom. The van der Waals surface area contributed by atoms with Gasteiger partial charge in [-0.1, -0.05) is 35.9 Å². The Morgan fingerprint density at radius 2 is 1.67 bits per heavy atom. The first-order chi connectivity index (χ1) is 14.6. The van der Waals surface area contributed by atoms with Crippen molar-refractivity contribution < 1.29 is 9.18 Å². The highest BCUT2D eigenvalue weighted by Crippen LogP contribution is 2.25. The van der Waals surface area contributed by atoms with Crippen molar-refractivity contribution in [1.29, 1.82) is 0 Å². The highest BCUT2D eigenvalue weighted by Gasteiger charge is 2.11. The Hall–Kier alpha value is -3.99. The monoisotopic (exact) mass is 397 g/mol. The van der Waals surface area contributed by atoms with Crippen LogP contribution in [-0.4, -0.2) is 15.7 Å². The molecule has 4 aromatic rings. The van der Waals surface area contributed by atoms with Gasteiger partial charge in [-0.25, -0.2) is 9.07 Å². The minimum atomic E-state index is -0.309. The second kappa shape index (κ2) is 8.57. The minimum absolute atomic E-state index is 0.239. The molecule has 4 nitrogen and oxygen atoms in total. The Bertz CT molecular complexity index is 1180. The molecule has 0 aliphatic carbocycles. The van der Waals surface area contributed by atoms with Crippen LogP contribution in [0, 0.1) is 12.7 Å². The number of carbonyl (C=O) groups excluding carboxylic acids is 1. The third-order valence-corrected chi connectivity index (χ3v) is 4.61. The number of aromatic nitrogens is 2. The molecule has 1 aromatic heterocycles. The number of rotatable bonds is 5. The summed E-state index contributed by atoms with van der Waals surface area (Å²) in [6.45, 7) is 1.99. The molecule has 1 heterocycles. The summed E-state index contributed by atoms with van der Waals surface area (Å²) in [5.41, 5.74) is 4.94. The van der Waals surface area contributed by atoms with Crippen LogP contribution >= 0.6 is 0 Å². The maximum absolute atomic E-state index is 13.4. The van der Waals surface area contributed by atoms with Crippen molar-refractivity contribution in [3.05, 3.63) is 108 Å². The van der Waals surface area contributed by atoms with E-state index in [4.69, 9.17) is 0 Å². The van der Waals surface area contributed by atoms with Crippen molar-refractivity contribution in [1.82, 2.24) is 9.78 Å². The molecule has 0 fully saturated rings. The van der Waals surface area contributed by atoms with Gasteiger partial charge in [0.05, 0.1) is 11.4 Å². The molecule has 148 valence electrons. The maximum Gasteiger partial charge on any atom is 0.248 e. The molecular formula is C25H20FN3O. The molecule has 3 aromatic carbocycles. The molecule has 0 unspecified atom stereocenters.